The molecule has 6 heteroatoms. The molecule has 28 heavy (non-hydrogen) atoms. The van der Waals surface area contributed by atoms with Crippen LogP contribution in [0.25, 0.3) is 21.9 Å². The number of fused-ring (bicyclic) bond motifs is 2. The third-order valence-electron chi connectivity index (χ3n) is 4.54. The summed E-state index contributed by atoms with van der Waals surface area (Å²) in [6.07, 6.45) is 2.89. The molecular formula is C22H20N2O4. The van der Waals surface area contributed by atoms with Crippen LogP contribution in [-0.4, -0.2) is 23.6 Å². The summed E-state index contributed by atoms with van der Waals surface area (Å²) in [6, 6.07) is 18.5. The number of nitrogens with one attached hydrogen (secondary N) is 1. The summed E-state index contributed by atoms with van der Waals surface area (Å²) in [5, 5.41) is 4.87. The number of para-hydroxylation sites is 1. The molecule has 1 N–H and O–H groups in total. The van der Waals surface area contributed by atoms with E-state index in [-0.39, 0.29) is 12.5 Å². The van der Waals surface area contributed by atoms with Crippen LogP contribution in [0.3, 0.4) is 0 Å². The molecule has 0 aliphatic rings. The lowest BCUT2D eigenvalue weighted by Crippen LogP contribution is -2.30. The fourth-order valence-corrected chi connectivity index (χ4v) is 3.14. The van der Waals surface area contributed by atoms with Gasteiger partial charge in [-0.15, -0.1) is 0 Å². The Morgan fingerprint density at radius 3 is 2.82 bits per heavy atom. The van der Waals surface area contributed by atoms with E-state index in [0.717, 1.165) is 18.4 Å². The molecule has 0 aliphatic heterocycles. The normalized spacial score (nSPS) is 11.0. The number of aromatic nitrogens is 1. The predicted octanol–water partition coefficient (Wildman–Crippen LogP) is 3.33. The molecule has 0 spiro atoms. The Labute approximate surface area is 161 Å². The molecule has 0 saturated carbocycles. The van der Waals surface area contributed by atoms with Gasteiger partial charge in [-0.25, -0.2) is 4.79 Å². The number of benzene rings is 2. The van der Waals surface area contributed by atoms with Crippen molar-refractivity contribution in [3.63, 3.8) is 0 Å². The molecule has 0 unspecified atom stereocenters. The molecule has 0 aliphatic carbocycles. The number of carbonyl (C=O) groups is 1. The molecule has 0 saturated heterocycles. The summed E-state index contributed by atoms with van der Waals surface area (Å²) < 4.78 is 12.8. The van der Waals surface area contributed by atoms with Crippen LogP contribution in [0.1, 0.15) is 6.42 Å². The maximum absolute atomic E-state index is 12.0. The van der Waals surface area contributed by atoms with Crippen LogP contribution < -0.4 is 15.7 Å². The number of nitrogens with zero attached hydrogens (tertiary/aromatic N) is 1. The zero-order valence-electron chi connectivity index (χ0n) is 15.3. The number of carbonyl (C=O) groups excluding carboxylic acids is 1. The summed E-state index contributed by atoms with van der Waals surface area (Å²) >= 11 is 0. The Hall–Kier alpha value is -3.54. The summed E-state index contributed by atoms with van der Waals surface area (Å²) in [5.41, 5.74) is 1.21. The van der Waals surface area contributed by atoms with Crippen molar-refractivity contribution in [2.75, 3.05) is 13.2 Å². The largest absolute Gasteiger partial charge is 0.484 e. The molecule has 0 fully saturated rings. The first kappa shape index (κ1) is 17.9. The molecule has 2 aromatic heterocycles. The van der Waals surface area contributed by atoms with E-state index in [1.165, 1.54) is 17.0 Å². The zero-order chi connectivity index (χ0) is 19.3. The second kappa shape index (κ2) is 8.00. The molecule has 4 aromatic rings. The molecule has 2 heterocycles. The van der Waals surface area contributed by atoms with Gasteiger partial charge in [0.25, 0.3) is 5.91 Å². The number of ether oxygens (including phenoxy) is 1. The van der Waals surface area contributed by atoms with Crippen LogP contribution >= 0.6 is 0 Å². The molecule has 6 nitrogen and oxygen atoms in total. The Kier molecular flexibility index (Phi) is 5.10. The highest BCUT2D eigenvalue weighted by Crippen LogP contribution is 2.19. The lowest BCUT2D eigenvalue weighted by molar-refractivity contribution is -0.123. The van der Waals surface area contributed by atoms with E-state index < -0.39 is 5.63 Å². The maximum atomic E-state index is 12.0. The van der Waals surface area contributed by atoms with Gasteiger partial charge in [0.2, 0.25) is 0 Å². The van der Waals surface area contributed by atoms with Gasteiger partial charge in [-0.2, -0.15) is 0 Å². The van der Waals surface area contributed by atoms with Gasteiger partial charge in [0, 0.05) is 42.3 Å². The van der Waals surface area contributed by atoms with Crippen LogP contribution in [0, 0.1) is 0 Å². The average Bonchev–Trinajstić information content (AvgIpc) is 3.12. The molecule has 1 amide bonds. The van der Waals surface area contributed by atoms with Gasteiger partial charge in [0.1, 0.15) is 11.3 Å². The number of aryl methyl sites for hydroxylation is 1. The van der Waals surface area contributed by atoms with Crippen molar-refractivity contribution >= 4 is 27.8 Å². The van der Waals surface area contributed by atoms with Crippen LogP contribution in [0.4, 0.5) is 0 Å². The lowest BCUT2D eigenvalue weighted by Gasteiger charge is -2.09. The number of rotatable bonds is 7. The standard InChI is InChI=1S/C22H20N2O4/c25-21(15-27-18-8-6-17-7-9-22(26)28-20(17)14-18)23-11-3-12-24-13-10-16-4-1-2-5-19(16)24/h1-2,4-10,13-14H,3,11-12,15H2,(H,23,25). The average molecular weight is 376 g/mol. The summed E-state index contributed by atoms with van der Waals surface area (Å²) in [6.45, 7) is 1.31. The molecule has 0 atom stereocenters. The van der Waals surface area contributed by atoms with E-state index in [1.54, 1.807) is 24.3 Å². The Balaban J connectivity index is 1.24. The first-order valence-corrected chi connectivity index (χ1v) is 9.16. The van der Waals surface area contributed by atoms with E-state index in [4.69, 9.17) is 9.15 Å². The first-order chi connectivity index (χ1) is 13.7. The highest BCUT2D eigenvalue weighted by molar-refractivity contribution is 5.80. The third-order valence-corrected chi connectivity index (χ3v) is 4.54. The monoisotopic (exact) mass is 376 g/mol. The van der Waals surface area contributed by atoms with Gasteiger partial charge in [0.15, 0.2) is 6.61 Å². The first-order valence-electron chi connectivity index (χ1n) is 9.16. The van der Waals surface area contributed by atoms with Crippen molar-refractivity contribution in [3.05, 3.63) is 77.3 Å². The van der Waals surface area contributed by atoms with Crippen molar-refractivity contribution in [2.45, 2.75) is 13.0 Å². The number of hydrogen-bond acceptors (Lipinski definition) is 4. The minimum absolute atomic E-state index is 0.0883. The minimum atomic E-state index is -0.419. The fraction of sp³-hybridized carbons (Fsp3) is 0.182. The SMILES string of the molecule is O=C(COc1ccc2ccc(=O)oc2c1)NCCCn1ccc2ccccc21. The predicted molar refractivity (Wildman–Crippen MR) is 108 cm³/mol. The third kappa shape index (κ3) is 4.06. The van der Waals surface area contributed by atoms with E-state index in [9.17, 15) is 9.59 Å². The zero-order valence-corrected chi connectivity index (χ0v) is 15.3. The maximum Gasteiger partial charge on any atom is 0.336 e. The van der Waals surface area contributed by atoms with Crippen LogP contribution in [-0.2, 0) is 11.3 Å². The molecular weight excluding hydrogens is 356 g/mol. The summed E-state index contributed by atoms with van der Waals surface area (Å²) in [7, 11) is 0. The Bertz CT molecular complexity index is 1180. The summed E-state index contributed by atoms with van der Waals surface area (Å²) in [4.78, 5) is 23.3. The fourth-order valence-electron chi connectivity index (χ4n) is 3.14. The van der Waals surface area contributed by atoms with Gasteiger partial charge in [-0.3, -0.25) is 4.79 Å². The van der Waals surface area contributed by atoms with Crippen molar-refractivity contribution in [2.24, 2.45) is 0 Å². The van der Waals surface area contributed by atoms with Gasteiger partial charge >= 0.3 is 5.63 Å². The highest BCUT2D eigenvalue weighted by Gasteiger charge is 2.05. The highest BCUT2D eigenvalue weighted by atomic mass is 16.5. The van der Waals surface area contributed by atoms with Crippen molar-refractivity contribution in [1.82, 2.24) is 9.88 Å². The second-order valence-corrected chi connectivity index (χ2v) is 6.51. The number of amides is 1. The molecule has 142 valence electrons. The quantitative estimate of drug-likeness (QED) is 0.397. The van der Waals surface area contributed by atoms with Gasteiger partial charge in [-0.1, -0.05) is 18.2 Å². The van der Waals surface area contributed by atoms with E-state index in [1.807, 2.05) is 12.1 Å². The van der Waals surface area contributed by atoms with Gasteiger partial charge in [-0.05, 0) is 42.1 Å². The van der Waals surface area contributed by atoms with Crippen molar-refractivity contribution in [3.8, 4) is 5.75 Å². The number of hydrogen-bond donors (Lipinski definition) is 1. The Morgan fingerprint density at radius 2 is 1.89 bits per heavy atom. The lowest BCUT2D eigenvalue weighted by atomic mass is 10.2. The molecule has 0 radical (unpaired) electrons. The van der Waals surface area contributed by atoms with E-state index in [0.29, 0.717) is 17.9 Å². The van der Waals surface area contributed by atoms with Crippen LogP contribution in [0.5, 0.6) is 5.75 Å². The van der Waals surface area contributed by atoms with Crippen molar-refractivity contribution in [1.29, 1.82) is 0 Å². The van der Waals surface area contributed by atoms with Crippen LogP contribution in [0.15, 0.2) is 76.1 Å². The molecule has 2 aromatic carbocycles. The van der Waals surface area contributed by atoms with Gasteiger partial charge in [0.05, 0.1) is 0 Å². The topological polar surface area (TPSA) is 73.5 Å². The van der Waals surface area contributed by atoms with E-state index >= 15 is 0 Å². The molecule has 4 rings (SSSR count). The second-order valence-electron chi connectivity index (χ2n) is 6.51. The smallest absolute Gasteiger partial charge is 0.336 e. The van der Waals surface area contributed by atoms with E-state index in [2.05, 4.69) is 34.3 Å². The summed E-state index contributed by atoms with van der Waals surface area (Å²) in [5.74, 6) is 0.294. The Morgan fingerprint density at radius 1 is 1.04 bits per heavy atom. The minimum Gasteiger partial charge on any atom is -0.484 e. The molecule has 0 bridgehead atoms. The van der Waals surface area contributed by atoms with Crippen molar-refractivity contribution < 1.29 is 13.9 Å². The van der Waals surface area contributed by atoms with Gasteiger partial charge < -0.3 is 19.0 Å². The van der Waals surface area contributed by atoms with Crippen LogP contribution in [0.2, 0.25) is 0 Å².